The van der Waals surface area contributed by atoms with Gasteiger partial charge in [-0.15, -0.1) is 0 Å². The minimum Gasteiger partial charge on any atom is -0.504 e. The Morgan fingerprint density at radius 3 is 2.76 bits per heavy atom. The SMILES string of the molecule is COc1c(O)cc(CC2CCCN2)c(C)c1C. The van der Waals surface area contributed by atoms with Crippen LogP contribution in [0.3, 0.4) is 0 Å². The van der Waals surface area contributed by atoms with E-state index in [9.17, 15) is 5.11 Å². The van der Waals surface area contributed by atoms with Crippen molar-refractivity contribution in [2.45, 2.75) is 39.2 Å². The maximum Gasteiger partial charge on any atom is 0.163 e. The third kappa shape index (κ3) is 2.39. The molecule has 3 nitrogen and oxygen atoms in total. The Labute approximate surface area is 103 Å². The molecule has 1 fully saturated rings. The molecule has 0 amide bonds. The first-order chi connectivity index (χ1) is 8.13. The number of rotatable bonds is 3. The van der Waals surface area contributed by atoms with Gasteiger partial charge in [0.15, 0.2) is 11.5 Å². The predicted octanol–water partition coefficient (Wildman–Crippen LogP) is 2.31. The average Bonchev–Trinajstić information content (AvgIpc) is 2.79. The largest absolute Gasteiger partial charge is 0.504 e. The van der Waals surface area contributed by atoms with E-state index in [0.29, 0.717) is 11.8 Å². The summed E-state index contributed by atoms with van der Waals surface area (Å²) in [6, 6.07) is 2.40. The summed E-state index contributed by atoms with van der Waals surface area (Å²) in [5.74, 6) is 0.856. The van der Waals surface area contributed by atoms with E-state index in [-0.39, 0.29) is 5.75 Å². The maximum absolute atomic E-state index is 9.93. The van der Waals surface area contributed by atoms with Crippen molar-refractivity contribution in [1.29, 1.82) is 0 Å². The molecule has 2 N–H and O–H groups in total. The van der Waals surface area contributed by atoms with Crippen molar-refractivity contribution in [3.8, 4) is 11.5 Å². The highest BCUT2D eigenvalue weighted by Crippen LogP contribution is 2.34. The molecule has 17 heavy (non-hydrogen) atoms. The minimum atomic E-state index is 0.253. The van der Waals surface area contributed by atoms with E-state index in [0.717, 1.165) is 18.5 Å². The number of benzene rings is 1. The number of phenols is 1. The van der Waals surface area contributed by atoms with Crippen LogP contribution in [0.5, 0.6) is 11.5 Å². The number of ether oxygens (including phenoxy) is 1. The molecule has 1 atom stereocenters. The summed E-state index contributed by atoms with van der Waals surface area (Å²) < 4.78 is 5.22. The first-order valence-electron chi connectivity index (χ1n) is 6.23. The molecule has 1 heterocycles. The summed E-state index contributed by atoms with van der Waals surface area (Å²) >= 11 is 0. The first-order valence-corrected chi connectivity index (χ1v) is 6.23. The van der Waals surface area contributed by atoms with Crippen molar-refractivity contribution in [3.05, 3.63) is 22.8 Å². The lowest BCUT2D eigenvalue weighted by Gasteiger charge is -2.17. The molecule has 1 aliphatic heterocycles. The smallest absolute Gasteiger partial charge is 0.163 e. The van der Waals surface area contributed by atoms with Crippen LogP contribution in [0, 0.1) is 13.8 Å². The topological polar surface area (TPSA) is 41.5 Å². The van der Waals surface area contributed by atoms with E-state index >= 15 is 0 Å². The molecule has 0 aliphatic carbocycles. The molecule has 1 aliphatic rings. The number of nitrogens with one attached hydrogen (secondary N) is 1. The molecule has 1 saturated heterocycles. The molecule has 2 rings (SSSR count). The second-order valence-electron chi connectivity index (χ2n) is 4.84. The van der Waals surface area contributed by atoms with E-state index in [1.807, 2.05) is 13.0 Å². The van der Waals surface area contributed by atoms with E-state index in [4.69, 9.17) is 4.74 Å². The molecule has 0 spiro atoms. The summed E-state index contributed by atoms with van der Waals surface area (Å²) in [5.41, 5.74) is 3.49. The third-order valence-corrected chi connectivity index (χ3v) is 3.76. The number of hydrogen-bond donors (Lipinski definition) is 2. The molecular weight excluding hydrogens is 214 g/mol. The highest BCUT2D eigenvalue weighted by Gasteiger charge is 2.18. The Hall–Kier alpha value is -1.22. The molecular formula is C14H21NO2. The minimum absolute atomic E-state index is 0.253. The van der Waals surface area contributed by atoms with Gasteiger partial charge in [-0.05, 0) is 62.4 Å². The van der Waals surface area contributed by atoms with Crippen LogP contribution in [-0.2, 0) is 6.42 Å². The van der Waals surface area contributed by atoms with Gasteiger partial charge in [0, 0.05) is 6.04 Å². The second-order valence-corrected chi connectivity index (χ2v) is 4.84. The Morgan fingerprint density at radius 2 is 2.18 bits per heavy atom. The molecule has 0 aromatic heterocycles. The van der Waals surface area contributed by atoms with Crippen molar-refractivity contribution < 1.29 is 9.84 Å². The predicted molar refractivity (Wildman–Crippen MR) is 68.9 cm³/mol. The fourth-order valence-corrected chi connectivity index (χ4v) is 2.61. The van der Waals surface area contributed by atoms with Crippen molar-refractivity contribution in [2.24, 2.45) is 0 Å². The zero-order valence-electron chi connectivity index (χ0n) is 10.8. The maximum atomic E-state index is 9.93. The van der Waals surface area contributed by atoms with Gasteiger partial charge < -0.3 is 15.2 Å². The quantitative estimate of drug-likeness (QED) is 0.844. The Morgan fingerprint density at radius 1 is 1.41 bits per heavy atom. The average molecular weight is 235 g/mol. The molecule has 0 bridgehead atoms. The van der Waals surface area contributed by atoms with Crippen LogP contribution in [0.25, 0.3) is 0 Å². The van der Waals surface area contributed by atoms with E-state index < -0.39 is 0 Å². The highest BCUT2D eigenvalue weighted by molar-refractivity contribution is 5.52. The van der Waals surface area contributed by atoms with Crippen LogP contribution < -0.4 is 10.1 Å². The Kier molecular flexibility index (Phi) is 3.57. The van der Waals surface area contributed by atoms with Crippen molar-refractivity contribution >= 4 is 0 Å². The van der Waals surface area contributed by atoms with Crippen LogP contribution in [0.4, 0.5) is 0 Å². The van der Waals surface area contributed by atoms with Crippen LogP contribution in [0.15, 0.2) is 6.07 Å². The first kappa shape index (κ1) is 12.2. The van der Waals surface area contributed by atoms with Gasteiger partial charge in [-0.1, -0.05) is 0 Å². The molecule has 1 unspecified atom stereocenters. The van der Waals surface area contributed by atoms with Gasteiger partial charge >= 0.3 is 0 Å². The van der Waals surface area contributed by atoms with Gasteiger partial charge in [-0.3, -0.25) is 0 Å². The zero-order chi connectivity index (χ0) is 12.4. The lowest BCUT2D eigenvalue weighted by Crippen LogP contribution is -2.24. The fraction of sp³-hybridized carbons (Fsp3) is 0.571. The number of methoxy groups -OCH3 is 1. The van der Waals surface area contributed by atoms with E-state index in [2.05, 4.69) is 12.2 Å². The number of phenolic OH excluding ortho intramolecular Hbond substituents is 1. The lowest BCUT2D eigenvalue weighted by atomic mass is 9.95. The summed E-state index contributed by atoms with van der Waals surface area (Å²) in [5, 5.41) is 13.4. The van der Waals surface area contributed by atoms with Gasteiger partial charge in [0.2, 0.25) is 0 Å². The molecule has 3 heteroatoms. The van der Waals surface area contributed by atoms with Crippen molar-refractivity contribution in [1.82, 2.24) is 5.32 Å². The van der Waals surface area contributed by atoms with Gasteiger partial charge in [0.25, 0.3) is 0 Å². The molecule has 0 saturated carbocycles. The van der Waals surface area contributed by atoms with Crippen LogP contribution in [0.2, 0.25) is 0 Å². The molecule has 1 aromatic rings. The van der Waals surface area contributed by atoms with Gasteiger partial charge in [0.1, 0.15) is 0 Å². The van der Waals surface area contributed by atoms with E-state index in [1.54, 1.807) is 7.11 Å². The van der Waals surface area contributed by atoms with E-state index in [1.165, 1.54) is 24.0 Å². The summed E-state index contributed by atoms with van der Waals surface area (Å²) in [6.45, 7) is 5.21. The third-order valence-electron chi connectivity index (χ3n) is 3.76. The van der Waals surface area contributed by atoms with Gasteiger partial charge in [-0.25, -0.2) is 0 Å². The van der Waals surface area contributed by atoms with Crippen molar-refractivity contribution in [2.75, 3.05) is 13.7 Å². The molecule has 94 valence electrons. The van der Waals surface area contributed by atoms with Crippen molar-refractivity contribution in [3.63, 3.8) is 0 Å². The monoisotopic (exact) mass is 235 g/mol. The number of aromatic hydroxyl groups is 1. The van der Waals surface area contributed by atoms with Gasteiger partial charge in [-0.2, -0.15) is 0 Å². The summed E-state index contributed by atoms with van der Waals surface area (Å²) in [4.78, 5) is 0. The standard InChI is InChI=1S/C14H21NO2/c1-9-10(2)14(17-3)13(16)8-11(9)7-12-5-4-6-15-12/h8,12,15-16H,4-7H2,1-3H3. The summed E-state index contributed by atoms with van der Waals surface area (Å²) in [7, 11) is 1.60. The zero-order valence-corrected chi connectivity index (χ0v) is 10.8. The van der Waals surface area contributed by atoms with Crippen LogP contribution >= 0.6 is 0 Å². The highest BCUT2D eigenvalue weighted by atomic mass is 16.5. The normalized spacial score (nSPS) is 19.6. The Balaban J connectivity index is 2.28. The molecule has 1 aromatic carbocycles. The lowest BCUT2D eigenvalue weighted by molar-refractivity contribution is 0.369. The number of hydrogen-bond acceptors (Lipinski definition) is 3. The Bertz CT molecular complexity index is 409. The van der Waals surface area contributed by atoms with Crippen LogP contribution in [0.1, 0.15) is 29.5 Å². The summed E-state index contributed by atoms with van der Waals surface area (Å²) in [6.07, 6.45) is 3.47. The van der Waals surface area contributed by atoms with Gasteiger partial charge in [0.05, 0.1) is 7.11 Å². The fourth-order valence-electron chi connectivity index (χ4n) is 2.61. The van der Waals surface area contributed by atoms with Crippen LogP contribution in [-0.4, -0.2) is 24.8 Å². The molecule has 0 radical (unpaired) electrons. The second kappa shape index (κ2) is 4.96.